The van der Waals surface area contributed by atoms with E-state index in [-0.39, 0.29) is 44.0 Å². The molecule has 1 aromatic rings. The number of carbonyl (C=O) groups excluding carboxylic acids is 1. The summed E-state index contributed by atoms with van der Waals surface area (Å²) in [6.45, 7) is 20.8. The molecular formula is C38H56O5S. The molecule has 244 valence electrons. The Balaban J connectivity index is 1.30. The van der Waals surface area contributed by atoms with E-state index in [0.717, 1.165) is 63.4 Å². The molecule has 5 nitrogen and oxygen atoms in total. The summed E-state index contributed by atoms with van der Waals surface area (Å²) < 4.78 is 38.5. The molecule has 0 amide bonds. The lowest BCUT2D eigenvalue weighted by Crippen LogP contribution is -2.67. The largest absolute Gasteiger partial charge is 0.469 e. The topological polar surface area (TPSA) is 69.7 Å². The van der Waals surface area contributed by atoms with Crippen molar-refractivity contribution >= 4 is 16.1 Å². The Kier molecular flexibility index (Phi) is 7.65. The normalized spacial score (nSPS) is 44.5. The zero-order valence-corrected chi connectivity index (χ0v) is 29.3. The standard InChI is InChI=1S/C38H56O5S/c1-24(2)27-16-21-38(33(39)42-9)23-22-36(7)28(32(27)38)14-15-30-35(6)19-18-31(34(4,5)29(35)17-20-37(30,36)8)43-44(40,41)26-12-10-25(3)11-13-26/h10-13,27-32H,1,14-23H2,2-9H3/t27-,28?,29+,30-,31-,32+,35+,36+,37+,38-/m0/s1. The second-order valence-electron chi connectivity index (χ2n) is 17.0. The Bertz CT molecular complexity index is 1430. The van der Waals surface area contributed by atoms with Crippen molar-refractivity contribution in [3.05, 3.63) is 42.0 Å². The average Bonchev–Trinajstić information content (AvgIpc) is 3.36. The van der Waals surface area contributed by atoms with Crippen LogP contribution in [0.3, 0.4) is 0 Å². The number of allylic oxidation sites excluding steroid dienone is 1. The maximum absolute atomic E-state index is 13.5. The van der Waals surface area contributed by atoms with E-state index in [1.165, 1.54) is 12.0 Å². The number of methoxy groups -OCH3 is 1. The van der Waals surface area contributed by atoms with Crippen molar-refractivity contribution in [3.8, 4) is 0 Å². The van der Waals surface area contributed by atoms with Gasteiger partial charge in [0.15, 0.2) is 0 Å². The molecule has 0 aromatic heterocycles. The first-order valence-electron chi connectivity index (χ1n) is 17.2. The van der Waals surface area contributed by atoms with Crippen molar-refractivity contribution in [3.63, 3.8) is 0 Å². The summed E-state index contributed by atoms with van der Waals surface area (Å²) >= 11 is 0. The first-order chi connectivity index (χ1) is 20.5. The zero-order chi connectivity index (χ0) is 32.1. The van der Waals surface area contributed by atoms with Gasteiger partial charge in [0, 0.05) is 0 Å². The van der Waals surface area contributed by atoms with Crippen LogP contribution in [0.5, 0.6) is 0 Å². The summed E-state index contributed by atoms with van der Waals surface area (Å²) in [4.78, 5) is 13.8. The highest BCUT2D eigenvalue weighted by molar-refractivity contribution is 7.86. The van der Waals surface area contributed by atoms with Crippen LogP contribution in [0.1, 0.15) is 111 Å². The highest BCUT2D eigenvalue weighted by Gasteiger charge is 2.72. The highest BCUT2D eigenvalue weighted by atomic mass is 32.2. The Morgan fingerprint density at radius 2 is 1.52 bits per heavy atom. The van der Waals surface area contributed by atoms with Crippen molar-refractivity contribution < 1.29 is 22.1 Å². The second-order valence-corrected chi connectivity index (χ2v) is 18.6. The van der Waals surface area contributed by atoms with Gasteiger partial charge in [0.1, 0.15) is 0 Å². The van der Waals surface area contributed by atoms with Gasteiger partial charge in [-0.15, -0.1) is 0 Å². The summed E-state index contributed by atoms with van der Waals surface area (Å²) in [5.74, 6) is 2.12. The molecule has 6 rings (SSSR count). The molecular weight excluding hydrogens is 568 g/mol. The van der Waals surface area contributed by atoms with Crippen LogP contribution in [0.4, 0.5) is 0 Å². The molecule has 1 unspecified atom stereocenters. The van der Waals surface area contributed by atoms with Crippen molar-refractivity contribution in [1.82, 2.24) is 0 Å². The lowest BCUT2D eigenvalue weighted by molar-refractivity contribution is -0.246. The number of esters is 1. The minimum Gasteiger partial charge on any atom is -0.469 e. The van der Waals surface area contributed by atoms with Crippen LogP contribution in [-0.2, 0) is 23.8 Å². The second kappa shape index (κ2) is 10.4. The number of carbonyl (C=O) groups is 1. The van der Waals surface area contributed by atoms with Crippen LogP contribution in [0, 0.1) is 63.6 Å². The minimum atomic E-state index is -3.85. The molecule has 44 heavy (non-hydrogen) atoms. The monoisotopic (exact) mass is 624 g/mol. The summed E-state index contributed by atoms with van der Waals surface area (Å²) in [6.07, 6.45) is 9.90. The van der Waals surface area contributed by atoms with Gasteiger partial charge in [-0.1, -0.05) is 64.5 Å². The molecule has 0 N–H and O–H groups in total. The Hall–Kier alpha value is -1.66. The lowest BCUT2D eigenvalue weighted by atomic mass is 9.32. The Morgan fingerprint density at radius 3 is 2.16 bits per heavy atom. The van der Waals surface area contributed by atoms with Gasteiger partial charge in [0.2, 0.25) is 0 Å². The molecule has 0 bridgehead atoms. The van der Waals surface area contributed by atoms with Gasteiger partial charge in [-0.05, 0) is 141 Å². The number of aryl methyl sites for hydroxylation is 1. The third-order valence-electron chi connectivity index (χ3n) is 15.2. The summed E-state index contributed by atoms with van der Waals surface area (Å²) in [6, 6.07) is 7.00. The Labute approximate surface area is 267 Å². The van der Waals surface area contributed by atoms with Gasteiger partial charge >= 0.3 is 5.97 Å². The predicted octanol–water partition coefficient (Wildman–Crippen LogP) is 8.90. The van der Waals surface area contributed by atoms with Crippen LogP contribution >= 0.6 is 0 Å². The first kappa shape index (κ1) is 32.3. The molecule has 5 aliphatic carbocycles. The van der Waals surface area contributed by atoms with Crippen LogP contribution in [0.15, 0.2) is 41.3 Å². The first-order valence-corrected chi connectivity index (χ1v) is 18.6. The number of ether oxygens (including phenoxy) is 1. The van der Waals surface area contributed by atoms with E-state index in [1.807, 2.05) is 19.1 Å². The van der Waals surface area contributed by atoms with E-state index < -0.39 is 10.1 Å². The summed E-state index contributed by atoms with van der Waals surface area (Å²) in [5, 5.41) is 0. The molecule has 6 heteroatoms. The number of hydrogen-bond acceptors (Lipinski definition) is 5. The van der Waals surface area contributed by atoms with E-state index in [1.54, 1.807) is 19.2 Å². The number of rotatable bonds is 5. The van der Waals surface area contributed by atoms with E-state index in [0.29, 0.717) is 29.6 Å². The highest BCUT2D eigenvalue weighted by Crippen LogP contribution is 2.77. The fraction of sp³-hybridized carbons (Fsp3) is 0.763. The third-order valence-corrected chi connectivity index (χ3v) is 16.5. The summed E-state index contributed by atoms with van der Waals surface area (Å²) in [5.41, 5.74) is 2.02. The van der Waals surface area contributed by atoms with Gasteiger partial charge in [0.05, 0.1) is 23.5 Å². The fourth-order valence-electron chi connectivity index (χ4n) is 12.8. The molecule has 5 fully saturated rings. The lowest BCUT2D eigenvalue weighted by Gasteiger charge is -2.72. The molecule has 10 atom stereocenters. The Morgan fingerprint density at radius 1 is 0.841 bits per heavy atom. The van der Waals surface area contributed by atoms with Crippen molar-refractivity contribution in [2.75, 3.05) is 7.11 Å². The molecule has 0 heterocycles. The molecule has 0 saturated heterocycles. The predicted molar refractivity (Wildman–Crippen MR) is 174 cm³/mol. The van der Waals surface area contributed by atoms with Gasteiger partial charge < -0.3 is 4.74 Å². The van der Waals surface area contributed by atoms with Crippen LogP contribution in [-0.4, -0.2) is 27.6 Å². The molecule has 0 spiro atoms. The third kappa shape index (κ3) is 4.31. The van der Waals surface area contributed by atoms with Gasteiger partial charge in [-0.2, -0.15) is 8.42 Å². The molecule has 0 aliphatic heterocycles. The molecule has 1 aromatic carbocycles. The molecule has 5 aliphatic rings. The van der Waals surface area contributed by atoms with Gasteiger partial charge in [0.25, 0.3) is 10.1 Å². The number of fused-ring (bicyclic) bond motifs is 7. The SMILES string of the molecule is C=C(C)[C@@H]1CC[C@]2(C(=O)OC)CC[C@]3(C)C(CC[C@H]4[C@]5(C)CC[C@H](OS(=O)(=O)c6ccc(C)cc6)C(C)(C)[C@H]5CC[C@]43C)[C@@H]12. The van der Waals surface area contributed by atoms with Gasteiger partial charge in [-0.3, -0.25) is 8.98 Å². The number of hydrogen-bond donors (Lipinski definition) is 0. The maximum Gasteiger partial charge on any atom is 0.312 e. The molecule has 0 radical (unpaired) electrons. The minimum absolute atomic E-state index is 0.0110. The molecule has 5 saturated carbocycles. The summed E-state index contributed by atoms with van der Waals surface area (Å²) in [7, 11) is -2.27. The fourth-order valence-corrected chi connectivity index (χ4v) is 14.0. The van der Waals surface area contributed by atoms with E-state index >= 15 is 0 Å². The quantitative estimate of drug-likeness (QED) is 0.186. The van der Waals surface area contributed by atoms with Gasteiger partial charge in [-0.25, -0.2) is 0 Å². The van der Waals surface area contributed by atoms with Crippen LogP contribution in [0.25, 0.3) is 0 Å². The smallest absolute Gasteiger partial charge is 0.312 e. The van der Waals surface area contributed by atoms with Crippen molar-refractivity contribution in [1.29, 1.82) is 0 Å². The van der Waals surface area contributed by atoms with E-state index in [4.69, 9.17) is 8.92 Å². The van der Waals surface area contributed by atoms with Crippen molar-refractivity contribution in [2.24, 2.45) is 56.7 Å². The average molecular weight is 625 g/mol. The maximum atomic E-state index is 13.5. The number of benzene rings is 1. The zero-order valence-electron chi connectivity index (χ0n) is 28.5. The van der Waals surface area contributed by atoms with Crippen molar-refractivity contribution in [2.45, 2.75) is 124 Å². The van der Waals surface area contributed by atoms with Crippen LogP contribution in [0.2, 0.25) is 0 Å². The van der Waals surface area contributed by atoms with E-state index in [2.05, 4.69) is 48.1 Å². The van der Waals surface area contributed by atoms with E-state index in [9.17, 15) is 13.2 Å². The van der Waals surface area contributed by atoms with Crippen LogP contribution < -0.4 is 0 Å².